The van der Waals surface area contributed by atoms with E-state index in [2.05, 4.69) is 24.3 Å². The van der Waals surface area contributed by atoms with Gasteiger partial charge in [0.15, 0.2) is 0 Å². The Morgan fingerprint density at radius 1 is 0.938 bits per heavy atom. The number of aliphatic imine (C=N–C) groups is 1. The van der Waals surface area contributed by atoms with E-state index in [1.807, 2.05) is 36.4 Å². The number of anilines is 1. The van der Waals surface area contributed by atoms with Gasteiger partial charge in [0.2, 0.25) is 0 Å². The van der Waals surface area contributed by atoms with E-state index >= 15 is 0 Å². The predicted octanol–water partition coefficient (Wildman–Crippen LogP) is 5.62. The number of hydrogen-bond acceptors (Lipinski definition) is 3. The molecule has 4 aromatic rings. The number of likely N-dealkylation sites (N-methyl/N-ethyl adjacent to an activating group) is 1. The normalized spacial score (nSPS) is 15.9. The first-order valence-electron chi connectivity index (χ1n) is 10.4. The van der Waals surface area contributed by atoms with Crippen LogP contribution in [0.5, 0.6) is 5.75 Å². The fraction of sp³-hybridized carbons (Fsp3) is 0.111. The number of hydrogen-bond donors (Lipinski definition) is 1. The second-order valence-corrected chi connectivity index (χ2v) is 8.42. The van der Waals surface area contributed by atoms with E-state index in [-0.39, 0.29) is 11.7 Å². The minimum absolute atomic E-state index is 0.0862. The van der Waals surface area contributed by atoms with Gasteiger partial charge in [0.25, 0.3) is 5.91 Å². The standard InChI is InChI=1S/C27H21ClN2O2/c1-30-25-12-11-21(28)16-23(25)26(20-7-4-8-22(31)15-20)29-24(27(30)32)14-17-9-10-18-5-2-3-6-19(18)13-17/h2-13,15-16,24,31H,14H2,1H3. The highest BCUT2D eigenvalue weighted by Crippen LogP contribution is 2.31. The number of phenolic OH excluding ortho intramolecular Hbond substituents is 1. The summed E-state index contributed by atoms with van der Waals surface area (Å²) in [7, 11) is 1.77. The van der Waals surface area contributed by atoms with Gasteiger partial charge >= 0.3 is 0 Å². The van der Waals surface area contributed by atoms with Crippen molar-refractivity contribution >= 4 is 39.7 Å². The summed E-state index contributed by atoms with van der Waals surface area (Å²) in [5.41, 5.74) is 3.92. The molecule has 0 aliphatic carbocycles. The van der Waals surface area contributed by atoms with Crippen LogP contribution in [0.4, 0.5) is 5.69 Å². The average Bonchev–Trinajstić information content (AvgIpc) is 2.89. The lowest BCUT2D eigenvalue weighted by molar-refractivity contribution is -0.119. The van der Waals surface area contributed by atoms with Crippen LogP contribution < -0.4 is 4.90 Å². The molecule has 0 fully saturated rings. The topological polar surface area (TPSA) is 52.9 Å². The van der Waals surface area contributed by atoms with Crippen LogP contribution in [0.3, 0.4) is 0 Å². The number of amides is 1. The Labute approximate surface area is 191 Å². The highest BCUT2D eigenvalue weighted by atomic mass is 35.5. The largest absolute Gasteiger partial charge is 0.508 e. The quantitative estimate of drug-likeness (QED) is 0.449. The molecule has 4 aromatic carbocycles. The summed E-state index contributed by atoms with van der Waals surface area (Å²) in [6.45, 7) is 0. The van der Waals surface area contributed by atoms with Crippen LogP contribution in [0, 0.1) is 0 Å². The monoisotopic (exact) mass is 440 g/mol. The molecule has 158 valence electrons. The minimum atomic E-state index is -0.607. The van der Waals surface area contributed by atoms with Crippen LogP contribution in [0.2, 0.25) is 5.02 Å². The highest BCUT2D eigenvalue weighted by Gasteiger charge is 2.30. The number of halogens is 1. The molecule has 1 heterocycles. The molecule has 0 aromatic heterocycles. The summed E-state index contributed by atoms with van der Waals surface area (Å²) in [4.78, 5) is 20.0. The number of carbonyl (C=O) groups excluding carboxylic acids is 1. The zero-order valence-corrected chi connectivity index (χ0v) is 18.3. The molecule has 1 N–H and O–H groups in total. The lowest BCUT2D eigenvalue weighted by atomic mass is 9.99. The van der Waals surface area contributed by atoms with Crippen LogP contribution >= 0.6 is 11.6 Å². The van der Waals surface area contributed by atoms with Gasteiger partial charge in [0.1, 0.15) is 11.8 Å². The Hall–Kier alpha value is -3.63. The molecule has 1 aliphatic rings. The van der Waals surface area contributed by atoms with E-state index in [0.29, 0.717) is 17.2 Å². The number of nitrogens with zero attached hydrogens (tertiary/aromatic N) is 2. The molecule has 1 unspecified atom stereocenters. The molecule has 0 saturated carbocycles. The van der Waals surface area contributed by atoms with Crippen LogP contribution in [-0.2, 0) is 11.2 Å². The van der Waals surface area contributed by atoms with Crippen LogP contribution in [0.1, 0.15) is 16.7 Å². The molecule has 0 spiro atoms. The summed E-state index contributed by atoms with van der Waals surface area (Å²) in [5, 5.41) is 12.9. The van der Waals surface area contributed by atoms with Gasteiger partial charge in [0.05, 0.1) is 11.4 Å². The Morgan fingerprint density at radius 2 is 1.75 bits per heavy atom. The first-order chi connectivity index (χ1) is 15.5. The average molecular weight is 441 g/mol. The van der Waals surface area contributed by atoms with E-state index in [4.69, 9.17) is 16.6 Å². The van der Waals surface area contributed by atoms with Crippen molar-refractivity contribution in [1.29, 1.82) is 0 Å². The van der Waals surface area contributed by atoms with Gasteiger partial charge in [-0.3, -0.25) is 9.79 Å². The molecule has 32 heavy (non-hydrogen) atoms. The first-order valence-corrected chi connectivity index (χ1v) is 10.8. The van der Waals surface area contributed by atoms with Gasteiger partial charge in [0, 0.05) is 29.6 Å². The van der Waals surface area contributed by atoms with Gasteiger partial charge in [-0.05, 0) is 46.7 Å². The number of rotatable bonds is 3. The second-order valence-electron chi connectivity index (χ2n) is 7.99. The molecule has 1 amide bonds. The number of aromatic hydroxyl groups is 1. The summed E-state index contributed by atoms with van der Waals surface area (Å²) in [6, 6.07) is 26.1. The maximum Gasteiger partial charge on any atom is 0.251 e. The van der Waals surface area contributed by atoms with E-state index in [1.54, 1.807) is 36.2 Å². The third-order valence-electron chi connectivity index (χ3n) is 5.84. The Balaban J connectivity index is 1.64. The van der Waals surface area contributed by atoms with Crippen molar-refractivity contribution in [3.05, 3.63) is 107 Å². The van der Waals surface area contributed by atoms with Crippen molar-refractivity contribution in [2.24, 2.45) is 4.99 Å². The molecule has 5 rings (SSSR count). The van der Waals surface area contributed by atoms with Gasteiger partial charge < -0.3 is 10.0 Å². The van der Waals surface area contributed by atoms with Crippen molar-refractivity contribution in [2.75, 3.05) is 11.9 Å². The fourth-order valence-corrected chi connectivity index (χ4v) is 4.39. The fourth-order valence-electron chi connectivity index (χ4n) is 4.22. The van der Waals surface area contributed by atoms with Gasteiger partial charge in [-0.2, -0.15) is 0 Å². The van der Waals surface area contributed by atoms with Crippen molar-refractivity contribution in [3.8, 4) is 5.75 Å². The molecule has 1 atom stereocenters. The first kappa shape index (κ1) is 20.3. The summed E-state index contributed by atoms with van der Waals surface area (Å²) in [6.07, 6.45) is 0.470. The SMILES string of the molecule is CN1C(=O)C(Cc2ccc3ccccc3c2)N=C(c2cccc(O)c2)c2cc(Cl)ccc21. The number of fused-ring (bicyclic) bond motifs is 2. The molecule has 0 radical (unpaired) electrons. The molecular formula is C27H21ClN2O2. The molecule has 0 saturated heterocycles. The number of benzodiazepines with no additional fused rings is 1. The zero-order valence-electron chi connectivity index (χ0n) is 17.5. The number of carbonyl (C=O) groups is 1. The summed E-state index contributed by atoms with van der Waals surface area (Å²) < 4.78 is 0. The van der Waals surface area contributed by atoms with E-state index in [1.165, 1.54) is 0 Å². The lowest BCUT2D eigenvalue weighted by Gasteiger charge is -2.20. The molecule has 1 aliphatic heterocycles. The Kier molecular flexibility index (Phi) is 5.16. The number of benzene rings is 4. The van der Waals surface area contributed by atoms with Gasteiger partial charge in [-0.1, -0.05) is 66.2 Å². The van der Waals surface area contributed by atoms with Crippen LogP contribution in [-0.4, -0.2) is 29.8 Å². The van der Waals surface area contributed by atoms with Crippen molar-refractivity contribution < 1.29 is 9.90 Å². The predicted molar refractivity (Wildman–Crippen MR) is 130 cm³/mol. The van der Waals surface area contributed by atoms with E-state index < -0.39 is 6.04 Å². The summed E-state index contributed by atoms with van der Waals surface area (Å²) in [5.74, 6) is 0.0562. The third-order valence-corrected chi connectivity index (χ3v) is 6.07. The van der Waals surface area contributed by atoms with E-state index in [9.17, 15) is 9.90 Å². The van der Waals surface area contributed by atoms with E-state index in [0.717, 1.165) is 33.2 Å². The lowest BCUT2D eigenvalue weighted by Crippen LogP contribution is -2.36. The molecule has 4 nitrogen and oxygen atoms in total. The van der Waals surface area contributed by atoms with Crippen molar-refractivity contribution in [1.82, 2.24) is 0 Å². The Bertz CT molecular complexity index is 1380. The maximum absolute atomic E-state index is 13.4. The van der Waals surface area contributed by atoms with Crippen molar-refractivity contribution in [3.63, 3.8) is 0 Å². The number of phenols is 1. The molecule has 0 bridgehead atoms. The second kappa shape index (κ2) is 8.13. The molecular weight excluding hydrogens is 420 g/mol. The minimum Gasteiger partial charge on any atom is -0.508 e. The third kappa shape index (κ3) is 3.74. The Morgan fingerprint density at radius 3 is 2.56 bits per heavy atom. The van der Waals surface area contributed by atoms with Gasteiger partial charge in [-0.15, -0.1) is 0 Å². The van der Waals surface area contributed by atoms with Crippen LogP contribution in [0.25, 0.3) is 10.8 Å². The zero-order chi connectivity index (χ0) is 22.2. The smallest absolute Gasteiger partial charge is 0.251 e. The summed E-state index contributed by atoms with van der Waals surface area (Å²) >= 11 is 6.31. The van der Waals surface area contributed by atoms with Crippen LogP contribution in [0.15, 0.2) is 89.9 Å². The highest BCUT2D eigenvalue weighted by molar-refractivity contribution is 6.32. The maximum atomic E-state index is 13.4. The van der Waals surface area contributed by atoms with Crippen molar-refractivity contribution in [2.45, 2.75) is 12.5 Å². The van der Waals surface area contributed by atoms with Gasteiger partial charge in [-0.25, -0.2) is 0 Å². The molecule has 5 heteroatoms.